The standard InChI is InChI=1S/C9H19O/c1-7(2)9(4,5)8(3)6-10/h7-8H,6H2,1-5H3. The van der Waals surface area contributed by atoms with Crippen LogP contribution in [0.4, 0.5) is 0 Å². The van der Waals surface area contributed by atoms with Crippen molar-refractivity contribution in [2.75, 3.05) is 6.61 Å². The van der Waals surface area contributed by atoms with E-state index in [-0.39, 0.29) is 17.9 Å². The van der Waals surface area contributed by atoms with Crippen LogP contribution in [-0.2, 0) is 5.11 Å². The van der Waals surface area contributed by atoms with Crippen LogP contribution in [0.15, 0.2) is 0 Å². The van der Waals surface area contributed by atoms with Gasteiger partial charge in [-0.2, -0.15) is 0 Å². The van der Waals surface area contributed by atoms with E-state index in [1.807, 2.05) is 6.92 Å². The summed E-state index contributed by atoms with van der Waals surface area (Å²) in [6, 6.07) is 0. The molecule has 0 aromatic carbocycles. The average molecular weight is 143 g/mol. The minimum Gasteiger partial charge on any atom is -0.236 e. The van der Waals surface area contributed by atoms with Crippen LogP contribution in [0.25, 0.3) is 0 Å². The summed E-state index contributed by atoms with van der Waals surface area (Å²) in [6.45, 7) is 10.8. The Morgan fingerprint density at radius 3 is 1.70 bits per heavy atom. The minimum absolute atomic E-state index is 0.0468. The van der Waals surface area contributed by atoms with Crippen LogP contribution < -0.4 is 0 Å². The third kappa shape index (κ3) is 1.98. The summed E-state index contributed by atoms with van der Waals surface area (Å²) in [5, 5.41) is 10.6. The predicted molar refractivity (Wildman–Crippen MR) is 43.3 cm³/mol. The SMILES string of the molecule is CC(C)C(C)(C)C(C)C[O]. The molecule has 1 nitrogen and oxygen atoms in total. The van der Waals surface area contributed by atoms with Crippen molar-refractivity contribution in [3.05, 3.63) is 0 Å². The lowest BCUT2D eigenvalue weighted by atomic mass is 9.72. The summed E-state index contributed by atoms with van der Waals surface area (Å²) in [5.41, 5.74) is 0.196. The van der Waals surface area contributed by atoms with Crippen LogP contribution in [0.2, 0.25) is 0 Å². The predicted octanol–water partition coefficient (Wildman–Crippen LogP) is 2.74. The Kier molecular flexibility index (Phi) is 3.37. The summed E-state index contributed by atoms with van der Waals surface area (Å²) in [5.74, 6) is 0.879. The Hall–Kier alpha value is -0.0400. The third-order valence-corrected chi connectivity index (χ3v) is 3.01. The minimum atomic E-state index is 0.0468. The second-order valence-electron chi connectivity index (χ2n) is 4.04. The van der Waals surface area contributed by atoms with Gasteiger partial charge in [0.15, 0.2) is 0 Å². The fourth-order valence-corrected chi connectivity index (χ4v) is 0.784. The largest absolute Gasteiger partial charge is 0.236 e. The van der Waals surface area contributed by atoms with E-state index in [0.717, 1.165) is 0 Å². The van der Waals surface area contributed by atoms with Gasteiger partial charge in [-0.3, -0.25) is 0 Å². The fourth-order valence-electron chi connectivity index (χ4n) is 0.784. The molecule has 10 heavy (non-hydrogen) atoms. The molecule has 0 heterocycles. The van der Waals surface area contributed by atoms with Gasteiger partial charge in [0.2, 0.25) is 0 Å². The van der Waals surface area contributed by atoms with Crippen molar-refractivity contribution in [2.45, 2.75) is 34.6 Å². The molecule has 0 aliphatic carbocycles. The van der Waals surface area contributed by atoms with Crippen molar-refractivity contribution in [1.82, 2.24) is 0 Å². The maximum absolute atomic E-state index is 10.6. The van der Waals surface area contributed by atoms with Crippen LogP contribution in [0.3, 0.4) is 0 Å². The first-order valence-corrected chi connectivity index (χ1v) is 4.01. The molecular weight excluding hydrogens is 124 g/mol. The lowest BCUT2D eigenvalue weighted by Gasteiger charge is -2.34. The molecule has 0 aliphatic heterocycles. The van der Waals surface area contributed by atoms with E-state index in [1.165, 1.54) is 0 Å². The zero-order valence-electron chi connectivity index (χ0n) is 7.77. The number of hydrogen-bond donors (Lipinski definition) is 0. The summed E-state index contributed by atoms with van der Waals surface area (Å²) in [7, 11) is 0. The first kappa shape index (κ1) is 9.96. The summed E-state index contributed by atoms with van der Waals surface area (Å²) < 4.78 is 0. The molecule has 1 unspecified atom stereocenters. The Morgan fingerprint density at radius 2 is 1.60 bits per heavy atom. The quantitative estimate of drug-likeness (QED) is 0.579. The molecule has 1 atom stereocenters. The molecule has 0 saturated heterocycles. The first-order chi connectivity index (χ1) is 4.42. The van der Waals surface area contributed by atoms with Crippen molar-refractivity contribution in [2.24, 2.45) is 17.3 Å². The molecule has 1 heteroatoms. The average Bonchev–Trinajstić information content (AvgIpc) is 1.86. The van der Waals surface area contributed by atoms with E-state index in [4.69, 9.17) is 0 Å². The smallest absolute Gasteiger partial charge is 0.0853 e. The van der Waals surface area contributed by atoms with Crippen LogP contribution in [0.1, 0.15) is 34.6 Å². The fraction of sp³-hybridized carbons (Fsp3) is 1.00. The zero-order valence-corrected chi connectivity index (χ0v) is 7.77. The molecule has 0 saturated carbocycles. The van der Waals surface area contributed by atoms with Gasteiger partial charge in [-0.15, -0.1) is 0 Å². The van der Waals surface area contributed by atoms with E-state index in [9.17, 15) is 5.11 Å². The molecule has 1 radical (unpaired) electrons. The molecule has 0 amide bonds. The maximum atomic E-state index is 10.6. The Bertz CT molecular complexity index is 94.9. The summed E-state index contributed by atoms with van der Waals surface area (Å²) in [6.07, 6.45) is 0. The van der Waals surface area contributed by atoms with Gasteiger partial charge in [0.1, 0.15) is 0 Å². The van der Waals surface area contributed by atoms with Gasteiger partial charge in [0.05, 0.1) is 6.61 Å². The molecule has 0 spiro atoms. The maximum Gasteiger partial charge on any atom is 0.0853 e. The normalized spacial score (nSPS) is 15.9. The highest BCUT2D eigenvalue weighted by molar-refractivity contribution is 4.77. The Labute approximate surface area is 64.5 Å². The highest BCUT2D eigenvalue weighted by Gasteiger charge is 2.28. The molecule has 0 aliphatic rings. The lowest BCUT2D eigenvalue weighted by molar-refractivity contribution is 0.0537. The Morgan fingerprint density at radius 1 is 1.20 bits per heavy atom. The lowest BCUT2D eigenvalue weighted by Crippen LogP contribution is -2.29. The molecule has 0 aromatic rings. The number of hydrogen-bond acceptors (Lipinski definition) is 0. The van der Waals surface area contributed by atoms with Crippen molar-refractivity contribution < 1.29 is 5.11 Å². The van der Waals surface area contributed by atoms with E-state index in [1.54, 1.807) is 0 Å². The van der Waals surface area contributed by atoms with Crippen molar-refractivity contribution in [3.8, 4) is 0 Å². The van der Waals surface area contributed by atoms with Crippen molar-refractivity contribution in [1.29, 1.82) is 0 Å². The first-order valence-electron chi connectivity index (χ1n) is 4.01. The summed E-state index contributed by atoms with van der Waals surface area (Å²) >= 11 is 0. The number of rotatable bonds is 3. The van der Waals surface area contributed by atoms with Crippen molar-refractivity contribution >= 4 is 0 Å². The summed E-state index contributed by atoms with van der Waals surface area (Å²) in [4.78, 5) is 0. The zero-order chi connectivity index (χ0) is 8.36. The van der Waals surface area contributed by atoms with Gasteiger partial charge in [-0.25, -0.2) is 5.11 Å². The molecule has 61 valence electrons. The molecule has 0 rings (SSSR count). The van der Waals surface area contributed by atoms with E-state index in [0.29, 0.717) is 5.92 Å². The molecule has 0 fully saturated rings. The molecule has 0 N–H and O–H groups in total. The highest BCUT2D eigenvalue weighted by atomic mass is 16.3. The van der Waals surface area contributed by atoms with Crippen LogP contribution in [0, 0.1) is 17.3 Å². The van der Waals surface area contributed by atoms with Gasteiger partial charge in [0, 0.05) is 0 Å². The highest BCUT2D eigenvalue weighted by Crippen LogP contribution is 2.34. The van der Waals surface area contributed by atoms with E-state index < -0.39 is 0 Å². The van der Waals surface area contributed by atoms with Gasteiger partial charge in [-0.05, 0) is 17.3 Å². The van der Waals surface area contributed by atoms with Gasteiger partial charge in [-0.1, -0.05) is 34.6 Å². The van der Waals surface area contributed by atoms with E-state index in [2.05, 4.69) is 27.7 Å². The van der Waals surface area contributed by atoms with E-state index >= 15 is 0 Å². The monoisotopic (exact) mass is 143 g/mol. The Balaban J connectivity index is 4.09. The van der Waals surface area contributed by atoms with Crippen LogP contribution in [-0.4, -0.2) is 6.61 Å². The van der Waals surface area contributed by atoms with Gasteiger partial charge >= 0.3 is 0 Å². The topological polar surface area (TPSA) is 19.9 Å². The molecule has 0 aromatic heterocycles. The molecule has 0 bridgehead atoms. The van der Waals surface area contributed by atoms with Crippen molar-refractivity contribution in [3.63, 3.8) is 0 Å². The second kappa shape index (κ2) is 3.38. The van der Waals surface area contributed by atoms with Gasteiger partial charge in [0.25, 0.3) is 0 Å². The van der Waals surface area contributed by atoms with Crippen LogP contribution in [0.5, 0.6) is 0 Å². The van der Waals surface area contributed by atoms with Crippen LogP contribution >= 0.6 is 0 Å². The second-order valence-corrected chi connectivity index (χ2v) is 4.04. The molecular formula is C9H19O. The van der Waals surface area contributed by atoms with Gasteiger partial charge < -0.3 is 0 Å². The third-order valence-electron chi connectivity index (χ3n) is 3.01.